The quantitative estimate of drug-likeness (QED) is 0.643. The highest BCUT2D eigenvalue weighted by molar-refractivity contribution is 9.10. The lowest BCUT2D eigenvalue weighted by atomic mass is 10.0. The first-order valence-electron chi connectivity index (χ1n) is 5.21. The summed E-state index contributed by atoms with van der Waals surface area (Å²) < 4.78 is 36.9. The second kappa shape index (κ2) is 6.37. The van der Waals surface area contributed by atoms with Crippen LogP contribution in [0, 0.1) is 0 Å². The third-order valence-corrected chi connectivity index (χ3v) is 2.90. The second-order valence-electron chi connectivity index (χ2n) is 3.78. The second-order valence-corrected chi connectivity index (χ2v) is 4.70. The molecule has 0 radical (unpaired) electrons. The van der Waals surface area contributed by atoms with Crippen molar-refractivity contribution in [1.29, 1.82) is 0 Å². The van der Waals surface area contributed by atoms with Crippen LogP contribution in [-0.2, 0) is 0 Å². The van der Waals surface area contributed by atoms with E-state index in [1.807, 2.05) is 24.3 Å². The van der Waals surface area contributed by atoms with Gasteiger partial charge in [-0.25, -0.2) is 0 Å². The van der Waals surface area contributed by atoms with Crippen molar-refractivity contribution in [3.63, 3.8) is 0 Å². The number of hydrogen-bond acceptors (Lipinski definition) is 2. The standard InChI is InChI=1S/C11H14BrF3N2/c12-9-4-1-3-8(7-9)10(17-16)5-2-6-11(13,14)15/h1,3-4,7,10,17H,2,5-6,16H2. The molecule has 1 rings (SSSR count). The number of nitrogens with two attached hydrogens (primary N) is 1. The van der Waals surface area contributed by atoms with Gasteiger partial charge in [-0.15, -0.1) is 0 Å². The summed E-state index contributed by atoms with van der Waals surface area (Å²) in [5, 5.41) is 0. The Morgan fingerprint density at radius 3 is 2.59 bits per heavy atom. The van der Waals surface area contributed by atoms with Gasteiger partial charge in [-0.2, -0.15) is 13.2 Å². The number of halogens is 4. The minimum atomic E-state index is -4.10. The number of alkyl halides is 3. The molecule has 1 atom stereocenters. The molecule has 6 heteroatoms. The molecule has 0 aliphatic carbocycles. The Morgan fingerprint density at radius 2 is 2.06 bits per heavy atom. The normalized spacial score (nSPS) is 13.7. The van der Waals surface area contributed by atoms with Gasteiger partial charge in [0.2, 0.25) is 0 Å². The molecule has 0 saturated heterocycles. The number of benzene rings is 1. The molecule has 0 bridgehead atoms. The number of hydrazine groups is 1. The Balaban J connectivity index is 2.54. The molecular weight excluding hydrogens is 297 g/mol. The largest absolute Gasteiger partial charge is 0.389 e. The van der Waals surface area contributed by atoms with Crippen molar-refractivity contribution < 1.29 is 13.2 Å². The van der Waals surface area contributed by atoms with Crippen LogP contribution in [0.1, 0.15) is 30.9 Å². The first-order chi connectivity index (χ1) is 7.92. The van der Waals surface area contributed by atoms with Gasteiger partial charge in [0.25, 0.3) is 0 Å². The Kier molecular flexibility index (Phi) is 5.42. The van der Waals surface area contributed by atoms with Crippen molar-refractivity contribution in [2.45, 2.75) is 31.5 Å². The van der Waals surface area contributed by atoms with Gasteiger partial charge in [-0.3, -0.25) is 11.3 Å². The van der Waals surface area contributed by atoms with E-state index in [4.69, 9.17) is 5.84 Å². The monoisotopic (exact) mass is 310 g/mol. The first kappa shape index (κ1) is 14.5. The van der Waals surface area contributed by atoms with Crippen LogP contribution < -0.4 is 11.3 Å². The van der Waals surface area contributed by atoms with E-state index in [9.17, 15) is 13.2 Å². The van der Waals surface area contributed by atoms with Gasteiger partial charge in [-0.1, -0.05) is 28.1 Å². The summed E-state index contributed by atoms with van der Waals surface area (Å²) >= 11 is 3.31. The van der Waals surface area contributed by atoms with Crippen LogP contribution in [0.25, 0.3) is 0 Å². The van der Waals surface area contributed by atoms with E-state index < -0.39 is 12.6 Å². The van der Waals surface area contributed by atoms with Gasteiger partial charge < -0.3 is 0 Å². The predicted molar refractivity (Wildman–Crippen MR) is 64.1 cm³/mol. The SMILES string of the molecule is NNC(CCCC(F)(F)F)c1cccc(Br)c1. The van der Waals surface area contributed by atoms with E-state index >= 15 is 0 Å². The molecule has 96 valence electrons. The Bertz CT molecular complexity index is 355. The highest BCUT2D eigenvalue weighted by Gasteiger charge is 2.26. The molecule has 3 N–H and O–H groups in total. The van der Waals surface area contributed by atoms with Crippen molar-refractivity contribution >= 4 is 15.9 Å². The van der Waals surface area contributed by atoms with E-state index in [0.29, 0.717) is 6.42 Å². The number of rotatable bonds is 5. The molecule has 0 saturated carbocycles. The van der Waals surface area contributed by atoms with E-state index in [0.717, 1.165) is 10.0 Å². The van der Waals surface area contributed by atoms with Gasteiger partial charge >= 0.3 is 6.18 Å². The zero-order chi connectivity index (χ0) is 12.9. The van der Waals surface area contributed by atoms with Gasteiger partial charge in [0.1, 0.15) is 0 Å². The van der Waals surface area contributed by atoms with Crippen LogP contribution in [0.5, 0.6) is 0 Å². The molecule has 1 unspecified atom stereocenters. The van der Waals surface area contributed by atoms with Crippen LogP contribution >= 0.6 is 15.9 Å². The fourth-order valence-corrected chi connectivity index (χ4v) is 1.99. The summed E-state index contributed by atoms with van der Waals surface area (Å²) in [6.07, 6.45) is -4.47. The van der Waals surface area contributed by atoms with Gasteiger partial charge in [0.15, 0.2) is 0 Å². The Labute approximate surface area is 106 Å². The lowest BCUT2D eigenvalue weighted by molar-refractivity contribution is -0.135. The maximum Gasteiger partial charge on any atom is 0.389 e. The van der Waals surface area contributed by atoms with Crippen LogP contribution in [0.3, 0.4) is 0 Å². The minimum Gasteiger partial charge on any atom is -0.271 e. The van der Waals surface area contributed by atoms with Crippen molar-refractivity contribution in [2.24, 2.45) is 5.84 Å². The summed E-state index contributed by atoms with van der Waals surface area (Å²) in [5.41, 5.74) is 3.42. The maximum atomic E-state index is 12.0. The minimum absolute atomic E-state index is 0.0604. The molecule has 0 amide bonds. The van der Waals surface area contributed by atoms with Gasteiger partial charge in [0.05, 0.1) is 0 Å². The van der Waals surface area contributed by atoms with E-state index in [1.54, 1.807) is 0 Å². The summed E-state index contributed by atoms with van der Waals surface area (Å²) in [4.78, 5) is 0. The Hall–Kier alpha value is -0.590. The molecule has 0 aromatic heterocycles. The summed E-state index contributed by atoms with van der Waals surface area (Å²) in [6.45, 7) is 0. The van der Waals surface area contributed by atoms with Crippen LogP contribution in [0.15, 0.2) is 28.7 Å². The highest BCUT2D eigenvalue weighted by atomic mass is 79.9. The van der Waals surface area contributed by atoms with Gasteiger partial charge in [0, 0.05) is 16.9 Å². The molecule has 0 aliphatic rings. The fourth-order valence-electron chi connectivity index (χ4n) is 1.58. The summed E-state index contributed by atoms with van der Waals surface area (Å²) in [6, 6.07) is 7.11. The molecular formula is C11H14BrF3N2. The van der Waals surface area contributed by atoms with Crippen LogP contribution in [0.2, 0.25) is 0 Å². The molecule has 0 heterocycles. The first-order valence-corrected chi connectivity index (χ1v) is 6.00. The van der Waals surface area contributed by atoms with Gasteiger partial charge in [-0.05, 0) is 30.5 Å². The molecule has 17 heavy (non-hydrogen) atoms. The lowest BCUT2D eigenvalue weighted by Crippen LogP contribution is -2.28. The van der Waals surface area contributed by atoms with Crippen molar-refractivity contribution in [3.05, 3.63) is 34.3 Å². The smallest absolute Gasteiger partial charge is 0.271 e. The summed E-state index contributed by atoms with van der Waals surface area (Å²) in [5.74, 6) is 5.36. The molecule has 0 aliphatic heterocycles. The van der Waals surface area contributed by atoms with Crippen LogP contribution in [-0.4, -0.2) is 6.18 Å². The van der Waals surface area contributed by atoms with E-state index in [-0.39, 0.29) is 12.5 Å². The molecule has 0 fully saturated rings. The molecule has 1 aromatic carbocycles. The van der Waals surface area contributed by atoms with E-state index in [1.165, 1.54) is 0 Å². The van der Waals surface area contributed by atoms with Crippen molar-refractivity contribution in [3.8, 4) is 0 Å². The molecule has 2 nitrogen and oxygen atoms in total. The Morgan fingerprint density at radius 1 is 1.35 bits per heavy atom. The predicted octanol–water partition coefficient (Wildman–Crippen LogP) is 3.69. The van der Waals surface area contributed by atoms with Crippen molar-refractivity contribution in [1.82, 2.24) is 5.43 Å². The summed E-state index contributed by atoms with van der Waals surface area (Å²) in [7, 11) is 0. The average molecular weight is 311 g/mol. The third kappa shape index (κ3) is 5.52. The average Bonchev–Trinajstić information content (AvgIpc) is 2.23. The van der Waals surface area contributed by atoms with Crippen LogP contribution in [0.4, 0.5) is 13.2 Å². The van der Waals surface area contributed by atoms with Crippen molar-refractivity contribution in [2.75, 3.05) is 0 Å². The lowest BCUT2D eigenvalue weighted by Gasteiger charge is -2.17. The number of nitrogens with one attached hydrogen (secondary N) is 1. The van der Waals surface area contributed by atoms with E-state index in [2.05, 4.69) is 21.4 Å². The molecule has 1 aromatic rings. The highest BCUT2D eigenvalue weighted by Crippen LogP contribution is 2.26. The third-order valence-electron chi connectivity index (χ3n) is 2.41. The zero-order valence-electron chi connectivity index (χ0n) is 9.10. The molecule has 0 spiro atoms. The topological polar surface area (TPSA) is 38.0 Å². The maximum absolute atomic E-state index is 12.0. The number of hydrogen-bond donors (Lipinski definition) is 2. The zero-order valence-corrected chi connectivity index (χ0v) is 10.7. The fraction of sp³-hybridized carbons (Fsp3) is 0.455.